The number of nitrogens with zero attached hydrogens (tertiary/aromatic N) is 1. The number of aliphatic hydroxyl groups excluding tert-OH is 1. The lowest BCUT2D eigenvalue weighted by molar-refractivity contribution is 0.190. The van der Waals surface area contributed by atoms with Gasteiger partial charge in [0.1, 0.15) is 12.4 Å². The maximum Gasteiger partial charge on any atom is 0.130 e. The summed E-state index contributed by atoms with van der Waals surface area (Å²) in [4.78, 5) is 4.17. The zero-order valence-electron chi connectivity index (χ0n) is 10.0. The Bertz CT molecular complexity index is 514. The van der Waals surface area contributed by atoms with Crippen LogP contribution in [0.3, 0.4) is 0 Å². The van der Waals surface area contributed by atoms with Crippen molar-refractivity contribution in [2.75, 3.05) is 0 Å². The van der Waals surface area contributed by atoms with Crippen LogP contribution in [0.15, 0.2) is 42.6 Å². The smallest absolute Gasteiger partial charge is 0.130 e. The van der Waals surface area contributed by atoms with E-state index in [4.69, 9.17) is 16.3 Å². The van der Waals surface area contributed by atoms with E-state index < -0.39 is 6.10 Å². The Morgan fingerprint density at radius 3 is 2.83 bits per heavy atom. The number of hydrogen-bond acceptors (Lipinski definition) is 3. The average Bonchev–Trinajstić information content (AvgIpc) is 2.38. The summed E-state index contributed by atoms with van der Waals surface area (Å²) in [5.74, 6) is 0.625. The van der Waals surface area contributed by atoms with Crippen LogP contribution in [0.1, 0.15) is 24.3 Å². The summed E-state index contributed by atoms with van der Waals surface area (Å²) < 4.78 is 5.66. The summed E-state index contributed by atoms with van der Waals surface area (Å²) in [5, 5.41) is 10.3. The van der Waals surface area contributed by atoms with Crippen LogP contribution in [-0.2, 0) is 6.61 Å². The fourth-order valence-corrected chi connectivity index (χ4v) is 1.79. The third-order valence-corrected chi connectivity index (χ3v) is 2.76. The molecule has 2 aromatic rings. The second-order valence-electron chi connectivity index (χ2n) is 3.97. The summed E-state index contributed by atoms with van der Waals surface area (Å²) in [6.45, 7) is 2.04. The molecule has 3 nitrogen and oxygen atoms in total. The van der Waals surface area contributed by atoms with Crippen molar-refractivity contribution in [1.29, 1.82) is 0 Å². The topological polar surface area (TPSA) is 42.4 Å². The number of hydrogen-bond donors (Lipinski definition) is 1. The van der Waals surface area contributed by atoms with Crippen LogP contribution in [-0.4, -0.2) is 10.1 Å². The van der Waals surface area contributed by atoms with Gasteiger partial charge in [0.05, 0.1) is 11.8 Å². The lowest BCUT2D eigenvalue weighted by atomic mass is 10.1. The minimum absolute atomic E-state index is 0.363. The molecule has 18 heavy (non-hydrogen) atoms. The molecule has 1 atom stereocenters. The van der Waals surface area contributed by atoms with E-state index in [2.05, 4.69) is 4.98 Å². The quantitative estimate of drug-likeness (QED) is 0.920. The molecule has 0 spiro atoms. The van der Waals surface area contributed by atoms with Crippen molar-refractivity contribution in [1.82, 2.24) is 4.98 Å². The molecular formula is C14H14ClNO2. The third kappa shape index (κ3) is 3.22. The van der Waals surface area contributed by atoms with Crippen molar-refractivity contribution < 1.29 is 9.84 Å². The maximum atomic E-state index is 9.67. The number of aromatic nitrogens is 1. The van der Waals surface area contributed by atoms with Gasteiger partial charge < -0.3 is 9.84 Å². The molecule has 0 amide bonds. The molecule has 0 aliphatic rings. The molecule has 0 unspecified atom stereocenters. The van der Waals surface area contributed by atoms with Crippen molar-refractivity contribution >= 4 is 11.6 Å². The Morgan fingerprint density at radius 1 is 1.33 bits per heavy atom. The van der Waals surface area contributed by atoms with Crippen LogP contribution >= 0.6 is 11.6 Å². The van der Waals surface area contributed by atoms with Gasteiger partial charge in [0.15, 0.2) is 0 Å². The fourth-order valence-electron chi connectivity index (χ4n) is 1.61. The second kappa shape index (κ2) is 5.85. The number of aliphatic hydroxyl groups is 1. The lowest BCUT2D eigenvalue weighted by Gasteiger charge is -2.13. The first-order valence-corrected chi connectivity index (χ1v) is 6.05. The van der Waals surface area contributed by atoms with E-state index in [0.29, 0.717) is 22.9 Å². The zero-order chi connectivity index (χ0) is 13.0. The minimum atomic E-state index is -0.623. The first-order chi connectivity index (χ1) is 8.66. The van der Waals surface area contributed by atoms with Gasteiger partial charge in [0, 0.05) is 16.8 Å². The highest BCUT2D eigenvalue weighted by molar-refractivity contribution is 6.30. The van der Waals surface area contributed by atoms with Crippen LogP contribution < -0.4 is 4.74 Å². The fraction of sp³-hybridized carbons (Fsp3) is 0.214. The van der Waals surface area contributed by atoms with E-state index in [1.165, 1.54) is 0 Å². The summed E-state index contributed by atoms with van der Waals surface area (Å²) in [6.07, 6.45) is 1.10. The summed E-state index contributed by atoms with van der Waals surface area (Å²) >= 11 is 5.90. The highest BCUT2D eigenvalue weighted by Crippen LogP contribution is 2.28. The third-order valence-electron chi connectivity index (χ3n) is 2.52. The van der Waals surface area contributed by atoms with E-state index in [0.717, 1.165) is 5.69 Å². The summed E-state index contributed by atoms with van der Waals surface area (Å²) in [7, 11) is 0. The van der Waals surface area contributed by atoms with Crippen LogP contribution in [0.4, 0.5) is 0 Å². The Kier molecular flexibility index (Phi) is 4.18. The van der Waals surface area contributed by atoms with Gasteiger partial charge in [-0.05, 0) is 37.3 Å². The number of rotatable bonds is 4. The van der Waals surface area contributed by atoms with E-state index in [1.54, 1.807) is 31.3 Å². The molecule has 1 aromatic heterocycles. The Balaban J connectivity index is 2.14. The average molecular weight is 264 g/mol. The molecule has 0 radical (unpaired) electrons. The molecule has 0 fully saturated rings. The highest BCUT2D eigenvalue weighted by atomic mass is 35.5. The molecule has 0 saturated carbocycles. The molecule has 1 aromatic carbocycles. The molecule has 1 N–H and O–H groups in total. The Hall–Kier alpha value is -1.58. The standard InChI is InChI=1S/C14H14ClNO2/c1-10(17)13-8-11(15)5-6-14(13)18-9-12-4-2-3-7-16-12/h2-8,10,17H,9H2,1H3/t10-/m1/s1. The Labute approximate surface area is 111 Å². The molecule has 2 rings (SSSR count). The highest BCUT2D eigenvalue weighted by Gasteiger charge is 2.10. The van der Waals surface area contributed by atoms with Crippen molar-refractivity contribution in [3.63, 3.8) is 0 Å². The van der Waals surface area contributed by atoms with Gasteiger partial charge in [-0.1, -0.05) is 17.7 Å². The van der Waals surface area contributed by atoms with Gasteiger partial charge in [-0.3, -0.25) is 4.98 Å². The van der Waals surface area contributed by atoms with Gasteiger partial charge in [-0.15, -0.1) is 0 Å². The van der Waals surface area contributed by atoms with E-state index in [9.17, 15) is 5.11 Å². The normalized spacial score (nSPS) is 12.2. The minimum Gasteiger partial charge on any atom is -0.487 e. The molecule has 0 aliphatic carbocycles. The molecule has 0 bridgehead atoms. The predicted octanol–water partition coefficient (Wildman–Crippen LogP) is 3.37. The molecule has 4 heteroatoms. The lowest BCUT2D eigenvalue weighted by Crippen LogP contribution is -2.02. The van der Waals surface area contributed by atoms with Gasteiger partial charge >= 0.3 is 0 Å². The summed E-state index contributed by atoms with van der Waals surface area (Å²) in [5.41, 5.74) is 1.52. The van der Waals surface area contributed by atoms with Crippen molar-refractivity contribution in [3.05, 3.63) is 58.9 Å². The number of ether oxygens (including phenoxy) is 1. The van der Waals surface area contributed by atoms with Gasteiger partial charge in [0.25, 0.3) is 0 Å². The van der Waals surface area contributed by atoms with Crippen LogP contribution in [0.2, 0.25) is 5.02 Å². The van der Waals surface area contributed by atoms with Crippen LogP contribution in [0, 0.1) is 0 Å². The summed E-state index contributed by atoms with van der Waals surface area (Å²) in [6, 6.07) is 10.8. The molecule has 1 heterocycles. The monoisotopic (exact) mass is 263 g/mol. The van der Waals surface area contributed by atoms with E-state index in [-0.39, 0.29) is 0 Å². The number of pyridine rings is 1. The SMILES string of the molecule is C[C@@H](O)c1cc(Cl)ccc1OCc1ccccn1. The van der Waals surface area contributed by atoms with Crippen LogP contribution in [0.25, 0.3) is 0 Å². The van der Waals surface area contributed by atoms with Crippen molar-refractivity contribution in [2.24, 2.45) is 0 Å². The first-order valence-electron chi connectivity index (χ1n) is 5.67. The first kappa shape index (κ1) is 12.9. The van der Waals surface area contributed by atoms with E-state index >= 15 is 0 Å². The maximum absolute atomic E-state index is 9.67. The van der Waals surface area contributed by atoms with Gasteiger partial charge in [-0.25, -0.2) is 0 Å². The predicted molar refractivity (Wildman–Crippen MR) is 70.7 cm³/mol. The van der Waals surface area contributed by atoms with Crippen molar-refractivity contribution in [3.8, 4) is 5.75 Å². The molecule has 94 valence electrons. The zero-order valence-corrected chi connectivity index (χ0v) is 10.8. The molecule has 0 saturated heterocycles. The van der Waals surface area contributed by atoms with Gasteiger partial charge in [-0.2, -0.15) is 0 Å². The molecule has 0 aliphatic heterocycles. The number of benzene rings is 1. The van der Waals surface area contributed by atoms with Gasteiger partial charge in [0.2, 0.25) is 0 Å². The number of halogens is 1. The Morgan fingerprint density at radius 2 is 2.17 bits per heavy atom. The van der Waals surface area contributed by atoms with Crippen LogP contribution in [0.5, 0.6) is 5.75 Å². The van der Waals surface area contributed by atoms with Crippen molar-refractivity contribution in [2.45, 2.75) is 19.6 Å². The molecular weight excluding hydrogens is 250 g/mol. The largest absolute Gasteiger partial charge is 0.487 e. The van der Waals surface area contributed by atoms with E-state index in [1.807, 2.05) is 18.2 Å². The second-order valence-corrected chi connectivity index (χ2v) is 4.40.